The zero-order valence-electron chi connectivity index (χ0n) is 12.2. The molecule has 7 heteroatoms. The fourth-order valence-electron chi connectivity index (χ4n) is 2.70. The van der Waals surface area contributed by atoms with E-state index in [0.29, 0.717) is 16.0 Å². The summed E-state index contributed by atoms with van der Waals surface area (Å²) >= 11 is 16.1. The number of benzene rings is 2. The number of hydrogen-bond acceptors (Lipinski definition) is 3. The monoisotopic (exact) mass is 420 g/mol. The lowest BCUT2D eigenvalue weighted by atomic mass is 10.0. The third kappa shape index (κ3) is 2.73. The second kappa shape index (κ2) is 6.24. The fraction of sp³-hybridized carbons (Fsp3) is 0.0588. The van der Waals surface area contributed by atoms with Crippen LogP contribution in [0.25, 0.3) is 5.70 Å². The highest BCUT2D eigenvalue weighted by Gasteiger charge is 2.25. The summed E-state index contributed by atoms with van der Waals surface area (Å²) in [6.45, 7) is 0. The Balaban J connectivity index is 1.85. The molecule has 4 nitrogen and oxygen atoms in total. The molecule has 1 aliphatic rings. The minimum atomic E-state index is -0.186. The molecular weight excluding hydrogens is 411 g/mol. The molecule has 0 unspecified atom stereocenters. The fourth-order valence-corrected chi connectivity index (χ4v) is 3.39. The SMILES string of the molecule is Clc1cccc([C@H]2C=C(c3ccc(Br)cc3)Nc3ncnn32)c1Cl. The first-order chi connectivity index (χ1) is 11.6. The number of halogens is 3. The van der Waals surface area contributed by atoms with E-state index >= 15 is 0 Å². The molecule has 3 aromatic rings. The van der Waals surface area contributed by atoms with E-state index in [4.69, 9.17) is 23.2 Å². The van der Waals surface area contributed by atoms with Gasteiger partial charge in [0.2, 0.25) is 5.95 Å². The van der Waals surface area contributed by atoms with Crippen LogP contribution < -0.4 is 5.32 Å². The van der Waals surface area contributed by atoms with Gasteiger partial charge in [-0.05, 0) is 29.8 Å². The Morgan fingerprint density at radius 3 is 2.67 bits per heavy atom. The summed E-state index contributed by atoms with van der Waals surface area (Å²) in [5.74, 6) is 0.663. The first kappa shape index (κ1) is 15.7. The molecule has 24 heavy (non-hydrogen) atoms. The lowest BCUT2D eigenvalue weighted by Gasteiger charge is -2.25. The van der Waals surface area contributed by atoms with Crippen LogP contribution >= 0.6 is 39.1 Å². The maximum absolute atomic E-state index is 6.43. The Hall–Kier alpha value is -1.82. The van der Waals surface area contributed by atoms with Gasteiger partial charge in [0, 0.05) is 15.7 Å². The van der Waals surface area contributed by atoms with Crippen molar-refractivity contribution < 1.29 is 0 Å². The van der Waals surface area contributed by atoms with Crippen molar-refractivity contribution >= 4 is 50.8 Å². The van der Waals surface area contributed by atoms with E-state index in [0.717, 1.165) is 21.3 Å². The van der Waals surface area contributed by atoms with Gasteiger partial charge in [-0.15, -0.1) is 0 Å². The summed E-state index contributed by atoms with van der Waals surface area (Å²) in [6, 6.07) is 13.5. The third-order valence-corrected chi connectivity index (χ3v) is 5.23. The summed E-state index contributed by atoms with van der Waals surface area (Å²) in [6.07, 6.45) is 3.59. The maximum Gasteiger partial charge on any atom is 0.226 e. The first-order valence-corrected chi connectivity index (χ1v) is 8.76. The van der Waals surface area contributed by atoms with Crippen molar-refractivity contribution in [3.63, 3.8) is 0 Å². The Morgan fingerprint density at radius 1 is 1.08 bits per heavy atom. The summed E-state index contributed by atoms with van der Waals surface area (Å²) in [4.78, 5) is 4.29. The summed E-state index contributed by atoms with van der Waals surface area (Å²) in [5, 5.41) is 8.67. The number of allylic oxidation sites excluding steroid dienone is 1. The highest BCUT2D eigenvalue weighted by Crippen LogP contribution is 2.37. The van der Waals surface area contributed by atoms with Crippen LogP contribution in [0.15, 0.2) is 59.3 Å². The van der Waals surface area contributed by atoms with Gasteiger partial charge in [-0.3, -0.25) is 0 Å². The Kier molecular flexibility index (Phi) is 4.08. The van der Waals surface area contributed by atoms with E-state index in [2.05, 4.69) is 37.4 Å². The number of aromatic nitrogens is 3. The number of nitrogens with one attached hydrogen (secondary N) is 1. The van der Waals surface area contributed by atoms with Gasteiger partial charge in [0.25, 0.3) is 0 Å². The molecule has 0 spiro atoms. The van der Waals surface area contributed by atoms with Gasteiger partial charge in [-0.25, -0.2) is 4.68 Å². The van der Waals surface area contributed by atoms with Crippen LogP contribution in [0, 0.1) is 0 Å². The minimum absolute atomic E-state index is 0.186. The first-order valence-electron chi connectivity index (χ1n) is 7.21. The normalized spacial score (nSPS) is 16.3. The van der Waals surface area contributed by atoms with Crippen LogP contribution in [-0.2, 0) is 0 Å². The molecule has 0 radical (unpaired) electrons. The number of fused-ring (bicyclic) bond motifs is 1. The van der Waals surface area contributed by atoms with Crippen LogP contribution in [0.5, 0.6) is 0 Å². The molecule has 0 amide bonds. The van der Waals surface area contributed by atoms with Crippen LogP contribution in [0.3, 0.4) is 0 Å². The maximum atomic E-state index is 6.43. The van der Waals surface area contributed by atoms with Crippen LogP contribution in [0.4, 0.5) is 5.95 Å². The van der Waals surface area contributed by atoms with Gasteiger partial charge in [-0.1, -0.05) is 63.4 Å². The standard InChI is InChI=1S/C17H11BrCl2N4/c18-11-6-4-10(5-7-11)14-8-15(24-17(23-14)21-9-22-24)12-2-1-3-13(19)16(12)20/h1-9,15H,(H,21,22,23)/t15-/m1/s1. The molecule has 0 saturated heterocycles. The van der Waals surface area contributed by atoms with Crippen LogP contribution in [0.2, 0.25) is 10.0 Å². The molecule has 0 saturated carbocycles. The zero-order chi connectivity index (χ0) is 16.7. The summed E-state index contributed by atoms with van der Waals surface area (Å²) in [7, 11) is 0. The van der Waals surface area contributed by atoms with Crippen molar-refractivity contribution in [1.82, 2.24) is 14.8 Å². The smallest absolute Gasteiger partial charge is 0.226 e. The average molecular weight is 422 g/mol. The van der Waals surface area contributed by atoms with Gasteiger partial charge < -0.3 is 5.32 Å². The Bertz CT molecular complexity index is 934. The quantitative estimate of drug-likeness (QED) is 0.602. The number of anilines is 1. The number of nitrogens with zero attached hydrogens (tertiary/aromatic N) is 3. The van der Waals surface area contributed by atoms with E-state index in [1.807, 2.05) is 36.4 Å². The second-order valence-corrected chi connectivity index (χ2v) is 7.03. The molecule has 1 atom stereocenters. The van der Waals surface area contributed by atoms with Crippen molar-refractivity contribution in [1.29, 1.82) is 0 Å². The van der Waals surface area contributed by atoms with Gasteiger partial charge in [0.15, 0.2) is 0 Å². The second-order valence-electron chi connectivity index (χ2n) is 5.33. The van der Waals surface area contributed by atoms with E-state index in [1.54, 1.807) is 10.7 Å². The van der Waals surface area contributed by atoms with Crippen molar-refractivity contribution in [3.8, 4) is 0 Å². The average Bonchev–Trinajstić information content (AvgIpc) is 3.06. The van der Waals surface area contributed by atoms with Gasteiger partial charge >= 0.3 is 0 Å². The van der Waals surface area contributed by atoms with E-state index < -0.39 is 0 Å². The lowest BCUT2D eigenvalue weighted by molar-refractivity contribution is 0.612. The largest absolute Gasteiger partial charge is 0.324 e. The zero-order valence-corrected chi connectivity index (χ0v) is 15.3. The van der Waals surface area contributed by atoms with Crippen molar-refractivity contribution in [2.75, 3.05) is 5.32 Å². The molecule has 1 N–H and O–H groups in total. The molecule has 2 aromatic carbocycles. The lowest BCUT2D eigenvalue weighted by Crippen LogP contribution is -2.20. The molecule has 120 valence electrons. The highest BCUT2D eigenvalue weighted by molar-refractivity contribution is 9.10. The van der Waals surface area contributed by atoms with E-state index in [1.165, 1.54) is 6.33 Å². The Morgan fingerprint density at radius 2 is 1.88 bits per heavy atom. The van der Waals surface area contributed by atoms with Crippen LogP contribution in [-0.4, -0.2) is 14.8 Å². The molecule has 0 bridgehead atoms. The van der Waals surface area contributed by atoms with Crippen molar-refractivity contribution in [3.05, 3.63) is 80.5 Å². The molecule has 2 heterocycles. The highest BCUT2D eigenvalue weighted by atomic mass is 79.9. The number of hydrogen-bond donors (Lipinski definition) is 1. The summed E-state index contributed by atoms with van der Waals surface area (Å²) < 4.78 is 2.82. The topological polar surface area (TPSA) is 42.7 Å². The van der Waals surface area contributed by atoms with E-state index in [9.17, 15) is 0 Å². The molecule has 1 aromatic heterocycles. The van der Waals surface area contributed by atoms with Gasteiger partial charge in [0.05, 0.1) is 10.0 Å². The van der Waals surface area contributed by atoms with Crippen molar-refractivity contribution in [2.45, 2.75) is 6.04 Å². The van der Waals surface area contributed by atoms with Crippen LogP contribution in [0.1, 0.15) is 17.2 Å². The van der Waals surface area contributed by atoms with Gasteiger partial charge in [0.1, 0.15) is 12.4 Å². The van der Waals surface area contributed by atoms with Crippen molar-refractivity contribution in [2.24, 2.45) is 0 Å². The molecule has 0 aliphatic carbocycles. The molecular formula is C17H11BrCl2N4. The number of rotatable bonds is 2. The molecule has 4 rings (SSSR count). The third-order valence-electron chi connectivity index (χ3n) is 3.86. The Labute approximate surface area is 157 Å². The minimum Gasteiger partial charge on any atom is -0.324 e. The predicted octanol–water partition coefficient (Wildman–Crippen LogP) is 5.40. The van der Waals surface area contributed by atoms with E-state index in [-0.39, 0.29) is 6.04 Å². The van der Waals surface area contributed by atoms with Gasteiger partial charge in [-0.2, -0.15) is 10.1 Å². The molecule has 0 fully saturated rings. The predicted molar refractivity (Wildman–Crippen MR) is 100 cm³/mol. The molecule has 1 aliphatic heterocycles. The summed E-state index contributed by atoms with van der Waals surface area (Å²) in [5.41, 5.74) is 2.88.